The summed E-state index contributed by atoms with van der Waals surface area (Å²) in [6, 6.07) is 13.0. The number of nitrogens with zero attached hydrogens (tertiary/aromatic N) is 1. The maximum absolute atomic E-state index is 13.2. The summed E-state index contributed by atoms with van der Waals surface area (Å²) < 4.78 is 10.4. The first-order valence-corrected chi connectivity index (χ1v) is 10.8. The normalized spacial score (nSPS) is 25.7. The molecule has 1 saturated heterocycles. The van der Waals surface area contributed by atoms with Crippen LogP contribution < -0.4 is 9.64 Å². The number of imide groups is 1. The molecule has 3 aliphatic rings. The van der Waals surface area contributed by atoms with Crippen LogP contribution in [-0.4, -0.2) is 37.3 Å². The Morgan fingerprint density at radius 3 is 2.34 bits per heavy atom. The monoisotopic (exact) mass is 433 g/mol. The smallest absolute Gasteiger partial charge is 0.340 e. The number of methoxy groups -OCH3 is 1. The molecule has 2 aromatic carbocycles. The summed E-state index contributed by atoms with van der Waals surface area (Å²) in [6.45, 7) is -0.461. The molecule has 7 heteroatoms. The van der Waals surface area contributed by atoms with Gasteiger partial charge in [-0.1, -0.05) is 24.3 Å². The van der Waals surface area contributed by atoms with Gasteiger partial charge in [-0.2, -0.15) is 0 Å². The number of fused-ring (bicyclic) bond motifs is 5. The molecule has 3 fully saturated rings. The fraction of sp³-hybridized carbons (Fsp3) is 0.360. The van der Waals surface area contributed by atoms with E-state index >= 15 is 0 Å². The lowest BCUT2D eigenvalue weighted by Crippen LogP contribution is -2.34. The Morgan fingerprint density at radius 1 is 0.969 bits per heavy atom. The molecule has 0 radical (unpaired) electrons. The van der Waals surface area contributed by atoms with Crippen LogP contribution in [-0.2, 0) is 14.3 Å². The predicted octanol–water partition coefficient (Wildman–Crippen LogP) is 3.27. The van der Waals surface area contributed by atoms with Gasteiger partial charge >= 0.3 is 5.97 Å². The second-order valence-electron chi connectivity index (χ2n) is 8.65. The number of carbonyl (C=O) groups excluding carboxylic acids is 4. The molecule has 7 nitrogen and oxygen atoms in total. The van der Waals surface area contributed by atoms with E-state index in [1.165, 1.54) is 18.1 Å². The van der Waals surface area contributed by atoms with Crippen molar-refractivity contribution in [3.8, 4) is 5.75 Å². The van der Waals surface area contributed by atoms with E-state index in [0.29, 0.717) is 11.3 Å². The van der Waals surface area contributed by atoms with Gasteiger partial charge in [-0.15, -0.1) is 0 Å². The zero-order valence-electron chi connectivity index (χ0n) is 17.7. The van der Waals surface area contributed by atoms with Gasteiger partial charge in [0.15, 0.2) is 12.4 Å². The fourth-order valence-electron chi connectivity index (χ4n) is 5.58. The number of amides is 2. The second kappa shape index (κ2) is 7.89. The first-order chi connectivity index (χ1) is 15.5. The molecule has 2 bridgehead atoms. The average molecular weight is 433 g/mol. The summed E-state index contributed by atoms with van der Waals surface area (Å²) in [6.07, 6.45) is 2.90. The number of esters is 1. The Bertz CT molecular complexity index is 1100. The number of carbonyl (C=O) groups is 4. The van der Waals surface area contributed by atoms with Gasteiger partial charge in [-0.3, -0.25) is 14.4 Å². The lowest BCUT2D eigenvalue weighted by atomic mass is 9.81. The van der Waals surface area contributed by atoms with Crippen molar-refractivity contribution >= 4 is 29.3 Å². The molecule has 4 unspecified atom stereocenters. The number of ether oxygens (including phenoxy) is 2. The average Bonchev–Trinajstić information content (AvgIpc) is 3.51. The molecule has 4 atom stereocenters. The molecule has 0 spiro atoms. The first-order valence-electron chi connectivity index (χ1n) is 10.8. The van der Waals surface area contributed by atoms with E-state index in [1.54, 1.807) is 42.5 Å². The Morgan fingerprint density at radius 2 is 1.66 bits per heavy atom. The van der Waals surface area contributed by atoms with Crippen molar-refractivity contribution in [3.63, 3.8) is 0 Å². The van der Waals surface area contributed by atoms with Gasteiger partial charge in [-0.25, -0.2) is 9.69 Å². The van der Waals surface area contributed by atoms with E-state index < -0.39 is 12.6 Å². The predicted molar refractivity (Wildman–Crippen MR) is 114 cm³/mol. The SMILES string of the molecule is COc1cccc(C(=O)COC(=O)c2ccccc2N2C(=O)C3C4CCC(C4)C3C2=O)c1. The molecule has 32 heavy (non-hydrogen) atoms. The molecule has 1 aliphatic heterocycles. The van der Waals surface area contributed by atoms with Crippen LogP contribution in [0, 0.1) is 23.7 Å². The van der Waals surface area contributed by atoms with Crippen molar-refractivity contribution in [3.05, 3.63) is 59.7 Å². The van der Waals surface area contributed by atoms with E-state index in [2.05, 4.69) is 0 Å². The van der Waals surface area contributed by atoms with Crippen LogP contribution in [0.3, 0.4) is 0 Å². The summed E-state index contributed by atoms with van der Waals surface area (Å²) in [7, 11) is 1.50. The molecule has 2 aliphatic carbocycles. The highest BCUT2D eigenvalue weighted by molar-refractivity contribution is 6.24. The third-order valence-corrected chi connectivity index (χ3v) is 7.02. The zero-order chi connectivity index (χ0) is 22.4. The molecule has 0 aromatic heterocycles. The van der Waals surface area contributed by atoms with E-state index in [1.807, 2.05) is 0 Å². The summed E-state index contributed by atoms with van der Waals surface area (Å²) in [5, 5.41) is 0. The van der Waals surface area contributed by atoms with Crippen LogP contribution in [0.15, 0.2) is 48.5 Å². The van der Waals surface area contributed by atoms with Gasteiger partial charge in [0.05, 0.1) is 30.2 Å². The first kappa shape index (κ1) is 20.4. The van der Waals surface area contributed by atoms with Crippen molar-refractivity contribution in [1.29, 1.82) is 0 Å². The van der Waals surface area contributed by atoms with E-state index in [4.69, 9.17) is 9.47 Å². The van der Waals surface area contributed by atoms with Crippen molar-refractivity contribution in [1.82, 2.24) is 0 Å². The van der Waals surface area contributed by atoms with E-state index in [-0.39, 0.29) is 52.5 Å². The Labute approximate surface area is 185 Å². The van der Waals surface area contributed by atoms with Gasteiger partial charge < -0.3 is 9.47 Å². The molecular weight excluding hydrogens is 410 g/mol. The number of rotatable bonds is 6. The molecular formula is C25H23NO6. The maximum Gasteiger partial charge on any atom is 0.340 e. The van der Waals surface area contributed by atoms with Crippen molar-refractivity contribution in [2.75, 3.05) is 18.6 Å². The van der Waals surface area contributed by atoms with Gasteiger partial charge in [-0.05, 0) is 55.4 Å². The quantitative estimate of drug-likeness (QED) is 0.395. The second-order valence-corrected chi connectivity index (χ2v) is 8.65. The van der Waals surface area contributed by atoms with Crippen molar-refractivity contribution in [2.45, 2.75) is 19.3 Å². The number of benzene rings is 2. The summed E-state index contributed by atoms with van der Waals surface area (Å²) >= 11 is 0. The summed E-state index contributed by atoms with van der Waals surface area (Å²) in [5.41, 5.74) is 0.689. The Kier molecular flexibility index (Phi) is 5.04. The van der Waals surface area contributed by atoms with Crippen LogP contribution in [0.5, 0.6) is 5.75 Å². The van der Waals surface area contributed by atoms with Crippen molar-refractivity contribution < 1.29 is 28.7 Å². The summed E-state index contributed by atoms with van der Waals surface area (Å²) in [5.74, 6) is -1.10. The Hall–Kier alpha value is -3.48. The van der Waals surface area contributed by atoms with E-state index in [9.17, 15) is 19.2 Å². The third-order valence-electron chi connectivity index (χ3n) is 7.02. The Balaban J connectivity index is 1.35. The van der Waals surface area contributed by atoms with Gasteiger partial charge in [0.2, 0.25) is 11.8 Å². The van der Waals surface area contributed by atoms with Crippen LogP contribution >= 0.6 is 0 Å². The van der Waals surface area contributed by atoms with Crippen LogP contribution in [0.4, 0.5) is 5.69 Å². The highest BCUT2D eigenvalue weighted by Gasteiger charge is 2.61. The number of anilines is 1. The number of Topliss-reactive ketones (excluding diaryl/α,β-unsaturated/α-hetero) is 1. The fourth-order valence-corrected chi connectivity index (χ4v) is 5.58. The molecule has 164 valence electrons. The minimum atomic E-state index is -0.752. The molecule has 2 saturated carbocycles. The topological polar surface area (TPSA) is 90.0 Å². The largest absolute Gasteiger partial charge is 0.497 e. The molecule has 2 aromatic rings. The molecule has 2 amide bonds. The van der Waals surface area contributed by atoms with Gasteiger partial charge in [0, 0.05) is 5.56 Å². The third kappa shape index (κ3) is 3.20. The standard InChI is InChI=1S/C25H23NO6/c1-31-17-6-4-5-14(12-17)20(27)13-32-25(30)18-7-2-3-8-19(18)26-23(28)21-15-9-10-16(11-15)22(21)24(26)29/h2-8,12,15-16,21-22H,9-11,13H2,1H3. The minimum Gasteiger partial charge on any atom is -0.497 e. The van der Waals surface area contributed by atoms with Gasteiger partial charge in [0.25, 0.3) is 0 Å². The number of ketones is 1. The molecule has 1 heterocycles. The highest BCUT2D eigenvalue weighted by atomic mass is 16.5. The van der Waals surface area contributed by atoms with Crippen LogP contribution in [0.1, 0.15) is 40.0 Å². The summed E-state index contributed by atoms with van der Waals surface area (Å²) in [4.78, 5) is 52.8. The van der Waals surface area contributed by atoms with E-state index in [0.717, 1.165) is 19.3 Å². The lowest BCUT2D eigenvalue weighted by molar-refractivity contribution is -0.123. The van der Waals surface area contributed by atoms with Crippen molar-refractivity contribution in [2.24, 2.45) is 23.7 Å². The number of hydrogen-bond donors (Lipinski definition) is 0. The highest BCUT2D eigenvalue weighted by Crippen LogP contribution is 2.56. The van der Waals surface area contributed by atoms with Crippen LogP contribution in [0.2, 0.25) is 0 Å². The number of para-hydroxylation sites is 1. The molecule has 5 rings (SSSR count). The van der Waals surface area contributed by atoms with Gasteiger partial charge in [0.1, 0.15) is 5.75 Å². The number of hydrogen-bond acceptors (Lipinski definition) is 6. The maximum atomic E-state index is 13.2. The minimum absolute atomic E-state index is 0.0972. The molecule has 0 N–H and O–H groups in total. The zero-order valence-corrected chi connectivity index (χ0v) is 17.7. The lowest BCUT2D eigenvalue weighted by Gasteiger charge is -2.19. The van der Waals surface area contributed by atoms with Crippen LogP contribution in [0.25, 0.3) is 0 Å².